The SMILES string of the molecule is O=C(/C=C/c1ccc(OCO)cc1)Nc1ccc(O)cc1C(=O)O. The summed E-state index contributed by atoms with van der Waals surface area (Å²) in [6.07, 6.45) is 2.79. The molecule has 0 radical (unpaired) electrons. The number of aliphatic hydroxyl groups excluding tert-OH is 1. The summed E-state index contributed by atoms with van der Waals surface area (Å²) < 4.78 is 4.89. The van der Waals surface area contributed by atoms with E-state index in [1.54, 1.807) is 30.3 Å². The second-order valence-corrected chi connectivity index (χ2v) is 4.70. The van der Waals surface area contributed by atoms with Crippen molar-refractivity contribution < 1.29 is 29.6 Å². The first-order valence-corrected chi connectivity index (χ1v) is 6.88. The van der Waals surface area contributed by atoms with Gasteiger partial charge in [0.25, 0.3) is 0 Å². The molecule has 0 unspecified atom stereocenters. The first kappa shape index (κ1) is 17.0. The molecule has 0 aliphatic heterocycles. The van der Waals surface area contributed by atoms with Gasteiger partial charge in [0.05, 0.1) is 11.3 Å². The number of carboxylic acids is 1. The van der Waals surface area contributed by atoms with Gasteiger partial charge in [-0.15, -0.1) is 0 Å². The average Bonchev–Trinajstić information content (AvgIpc) is 2.56. The minimum absolute atomic E-state index is 0.0849. The Morgan fingerprint density at radius 1 is 1.12 bits per heavy atom. The van der Waals surface area contributed by atoms with Crippen molar-refractivity contribution in [1.82, 2.24) is 0 Å². The molecule has 0 aliphatic carbocycles. The standard InChI is InChI=1S/C17H15NO6/c19-10-24-13-5-1-11(2-6-13)3-8-16(21)18-15-7-4-12(20)9-14(15)17(22)23/h1-9,19-20H,10H2,(H,18,21)(H,22,23)/b8-3+. The molecule has 0 heterocycles. The van der Waals surface area contributed by atoms with Crippen molar-refractivity contribution in [1.29, 1.82) is 0 Å². The van der Waals surface area contributed by atoms with Crippen molar-refractivity contribution >= 4 is 23.6 Å². The number of carbonyl (C=O) groups excluding carboxylic acids is 1. The Kier molecular flexibility index (Phi) is 5.54. The fourth-order valence-electron chi connectivity index (χ4n) is 1.91. The molecule has 0 bridgehead atoms. The van der Waals surface area contributed by atoms with Gasteiger partial charge >= 0.3 is 5.97 Å². The van der Waals surface area contributed by atoms with Gasteiger partial charge < -0.3 is 25.4 Å². The molecule has 0 aliphatic rings. The molecule has 0 aromatic heterocycles. The molecule has 2 aromatic carbocycles. The van der Waals surface area contributed by atoms with Gasteiger partial charge in [0.2, 0.25) is 5.91 Å². The van der Waals surface area contributed by atoms with Crippen LogP contribution < -0.4 is 10.1 Å². The summed E-state index contributed by atoms with van der Waals surface area (Å²) in [6, 6.07) is 10.3. The summed E-state index contributed by atoms with van der Waals surface area (Å²) in [5.74, 6) is -1.48. The lowest BCUT2D eigenvalue weighted by atomic mass is 10.1. The van der Waals surface area contributed by atoms with Crippen molar-refractivity contribution in [3.8, 4) is 11.5 Å². The van der Waals surface area contributed by atoms with E-state index in [1.807, 2.05) is 0 Å². The number of hydrogen-bond donors (Lipinski definition) is 4. The molecule has 0 spiro atoms. The molecule has 7 nitrogen and oxygen atoms in total. The number of anilines is 1. The highest BCUT2D eigenvalue weighted by atomic mass is 16.6. The predicted molar refractivity (Wildman–Crippen MR) is 86.9 cm³/mol. The van der Waals surface area contributed by atoms with Crippen LogP contribution in [0, 0.1) is 0 Å². The third-order valence-electron chi connectivity index (χ3n) is 3.03. The van der Waals surface area contributed by atoms with Gasteiger partial charge in [-0.2, -0.15) is 0 Å². The number of phenols is 1. The quantitative estimate of drug-likeness (QED) is 0.366. The van der Waals surface area contributed by atoms with E-state index in [2.05, 4.69) is 5.32 Å². The first-order chi connectivity index (χ1) is 11.5. The molecule has 124 valence electrons. The molecular weight excluding hydrogens is 314 g/mol. The summed E-state index contributed by atoms with van der Waals surface area (Å²) in [5, 5.41) is 29.5. The zero-order valence-corrected chi connectivity index (χ0v) is 12.5. The van der Waals surface area contributed by atoms with Crippen LogP contribution in [0.15, 0.2) is 48.5 Å². The number of amides is 1. The molecule has 0 saturated carbocycles. The zero-order chi connectivity index (χ0) is 17.5. The Morgan fingerprint density at radius 3 is 2.46 bits per heavy atom. The lowest BCUT2D eigenvalue weighted by Gasteiger charge is -2.07. The average molecular weight is 329 g/mol. The molecule has 0 saturated heterocycles. The summed E-state index contributed by atoms with van der Waals surface area (Å²) in [5.41, 5.74) is 0.600. The molecule has 0 atom stereocenters. The number of hydrogen-bond acceptors (Lipinski definition) is 5. The van der Waals surface area contributed by atoms with Gasteiger partial charge in [-0.3, -0.25) is 4.79 Å². The van der Waals surface area contributed by atoms with Crippen LogP contribution in [0.3, 0.4) is 0 Å². The summed E-state index contributed by atoms with van der Waals surface area (Å²) in [6.45, 7) is -0.421. The number of carboxylic acid groups (broad SMARTS) is 1. The van der Waals surface area contributed by atoms with E-state index in [1.165, 1.54) is 18.2 Å². The van der Waals surface area contributed by atoms with Crippen molar-refractivity contribution in [3.63, 3.8) is 0 Å². The zero-order valence-electron chi connectivity index (χ0n) is 12.5. The fraction of sp³-hybridized carbons (Fsp3) is 0.0588. The Morgan fingerprint density at radius 2 is 1.83 bits per heavy atom. The van der Waals surface area contributed by atoms with E-state index in [0.29, 0.717) is 5.75 Å². The second-order valence-electron chi connectivity index (χ2n) is 4.70. The summed E-state index contributed by atoms with van der Waals surface area (Å²) >= 11 is 0. The monoisotopic (exact) mass is 329 g/mol. The minimum Gasteiger partial charge on any atom is -0.508 e. The summed E-state index contributed by atoms with van der Waals surface area (Å²) in [4.78, 5) is 23.0. The van der Waals surface area contributed by atoms with Gasteiger partial charge in [0.15, 0.2) is 6.79 Å². The third kappa shape index (κ3) is 4.59. The van der Waals surface area contributed by atoms with Gasteiger partial charge in [0, 0.05) is 6.08 Å². The van der Waals surface area contributed by atoms with Gasteiger partial charge in [-0.25, -0.2) is 4.79 Å². The maximum atomic E-state index is 11.9. The van der Waals surface area contributed by atoms with Crippen LogP contribution in [-0.2, 0) is 4.79 Å². The van der Waals surface area contributed by atoms with Crippen LogP contribution in [0.4, 0.5) is 5.69 Å². The van der Waals surface area contributed by atoms with Crippen LogP contribution in [-0.4, -0.2) is 34.0 Å². The minimum atomic E-state index is -1.26. The van der Waals surface area contributed by atoms with Crippen LogP contribution in [0.2, 0.25) is 0 Å². The van der Waals surface area contributed by atoms with Crippen LogP contribution in [0.1, 0.15) is 15.9 Å². The number of phenolic OH excluding ortho intramolecular Hbond substituents is 1. The van der Waals surface area contributed by atoms with E-state index in [4.69, 9.17) is 14.9 Å². The van der Waals surface area contributed by atoms with Gasteiger partial charge in [-0.1, -0.05) is 12.1 Å². The molecule has 24 heavy (non-hydrogen) atoms. The van der Waals surface area contributed by atoms with Gasteiger partial charge in [-0.05, 0) is 42.0 Å². The lowest BCUT2D eigenvalue weighted by molar-refractivity contribution is -0.111. The van der Waals surface area contributed by atoms with Crippen molar-refractivity contribution in [3.05, 3.63) is 59.7 Å². The lowest BCUT2D eigenvalue weighted by Crippen LogP contribution is -2.11. The normalized spacial score (nSPS) is 10.5. The number of ether oxygens (including phenoxy) is 1. The van der Waals surface area contributed by atoms with Crippen LogP contribution in [0.5, 0.6) is 11.5 Å². The largest absolute Gasteiger partial charge is 0.508 e. The first-order valence-electron chi connectivity index (χ1n) is 6.88. The van der Waals surface area contributed by atoms with Crippen LogP contribution >= 0.6 is 0 Å². The van der Waals surface area contributed by atoms with Crippen LogP contribution in [0.25, 0.3) is 6.08 Å². The van der Waals surface area contributed by atoms with E-state index >= 15 is 0 Å². The number of aromatic hydroxyl groups is 1. The molecule has 4 N–H and O–H groups in total. The maximum Gasteiger partial charge on any atom is 0.337 e. The Balaban J connectivity index is 2.06. The maximum absolute atomic E-state index is 11.9. The smallest absolute Gasteiger partial charge is 0.337 e. The molecule has 7 heteroatoms. The molecular formula is C17H15NO6. The number of nitrogens with one attached hydrogen (secondary N) is 1. The molecule has 2 aromatic rings. The van der Waals surface area contributed by atoms with Gasteiger partial charge in [0.1, 0.15) is 11.5 Å². The fourth-order valence-corrected chi connectivity index (χ4v) is 1.91. The van der Waals surface area contributed by atoms with E-state index in [9.17, 15) is 14.7 Å². The van der Waals surface area contributed by atoms with E-state index < -0.39 is 18.7 Å². The third-order valence-corrected chi connectivity index (χ3v) is 3.03. The Bertz CT molecular complexity index is 767. The van der Waals surface area contributed by atoms with Crippen molar-refractivity contribution in [2.24, 2.45) is 0 Å². The predicted octanol–water partition coefficient (Wildman–Crippen LogP) is 2.07. The highest BCUT2D eigenvalue weighted by Crippen LogP contribution is 2.21. The van der Waals surface area contributed by atoms with E-state index in [-0.39, 0.29) is 17.0 Å². The molecule has 2 rings (SSSR count). The number of carbonyl (C=O) groups is 2. The highest BCUT2D eigenvalue weighted by Gasteiger charge is 2.12. The van der Waals surface area contributed by atoms with Crippen molar-refractivity contribution in [2.75, 3.05) is 12.1 Å². The number of benzene rings is 2. The van der Waals surface area contributed by atoms with Crippen molar-refractivity contribution in [2.45, 2.75) is 0 Å². The Labute approximate surface area is 137 Å². The molecule has 0 fully saturated rings. The number of aromatic carboxylic acids is 1. The number of rotatable bonds is 6. The summed E-state index contributed by atoms with van der Waals surface area (Å²) in [7, 11) is 0. The Hall–Kier alpha value is -3.32. The number of aliphatic hydroxyl groups is 1. The second kappa shape index (κ2) is 7.80. The van der Waals surface area contributed by atoms with E-state index in [0.717, 1.165) is 11.6 Å². The topological polar surface area (TPSA) is 116 Å². The molecule has 1 amide bonds. The highest BCUT2D eigenvalue weighted by molar-refractivity contribution is 6.06.